The van der Waals surface area contributed by atoms with Crippen molar-refractivity contribution in [1.82, 2.24) is 0 Å². The van der Waals surface area contributed by atoms with Gasteiger partial charge < -0.3 is 14.8 Å². The molecular weight excluding hydrogens is 274 g/mol. The SMILES string of the molecule is COc1cc(CNc2ccc(C)cc2)ccc1OCC(C)C. The van der Waals surface area contributed by atoms with Gasteiger partial charge in [-0.3, -0.25) is 0 Å². The van der Waals surface area contributed by atoms with E-state index in [1.54, 1.807) is 7.11 Å². The Morgan fingerprint density at radius 1 is 1.00 bits per heavy atom. The number of benzene rings is 2. The van der Waals surface area contributed by atoms with Gasteiger partial charge in [0, 0.05) is 12.2 Å². The highest BCUT2D eigenvalue weighted by Crippen LogP contribution is 2.28. The van der Waals surface area contributed by atoms with Crippen molar-refractivity contribution in [2.24, 2.45) is 5.92 Å². The molecule has 0 saturated carbocycles. The lowest BCUT2D eigenvalue weighted by molar-refractivity contribution is 0.257. The second kappa shape index (κ2) is 7.74. The Morgan fingerprint density at radius 3 is 2.36 bits per heavy atom. The fourth-order valence-electron chi connectivity index (χ4n) is 2.07. The van der Waals surface area contributed by atoms with E-state index in [-0.39, 0.29) is 0 Å². The Bertz CT molecular complexity index is 591. The normalized spacial score (nSPS) is 10.6. The summed E-state index contributed by atoms with van der Waals surface area (Å²) in [7, 11) is 1.68. The topological polar surface area (TPSA) is 30.5 Å². The molecule has 0 aromatic heterocycles. The zero-order chi connectivity index (χ0) is 15.9. The molecular formula is C19H25NO2. The molecule has 0 spiro atoms. The molecule has 0 fully saturated rings. The number of nitrogens with one attached hydrogen (secondary N) is 1. The first kappa shape index (κ1) is 16.2. The number of methoxy groups -OCH3 is 1. The average molecular weight is 299 g/mol. The Balaban J connectivity index is 2.00. The van der Waals surface area contributed by atoms with Crippen LogP contribution < -0.4 is 14.8 Å². The summed E-state index contributed by atoms with van der Waals surface area (Å²) in [5.74, 6) is 2.08. The van der Waals surface area contributed by atoms with Crippen LogP contribution in [0.25, 0.3) is 0 Å². The van der Waals surface area contributed by atoms with Crippen LogP contribution in [0.5, 0.6) is 11.5 Å². The maximum Gasteiger partial charge on any atom is 0.161 e. The number of rotatable bonds is 7. The van der Waals surface area contributed by atoms with Gasteiger partial charge in [-0.15, -0.1) is 0 Å². The molecule has 2 aromatic rings. The maximum atomic E-state index is 5.77. The maximum absolute atomic E-state index is 5.77. The molecule has 0 heterocycles. The fourth-order valence-corrected chi connectivity index (χ4v) is 2.07. The summed E-state index contributed by atoms with van der Waals surface area (Å²) >= 11 is 0. The molecule has 0 saturated heterocycles. The highest BCUT2D eigenvalue weighted by Gasteiger charge is 2.07. The van der Waals surface area contributed by atoms with Crippen LogP contribution >= 0.6 is 0 Å². The molecule has 0 bridgehead atoms. The molecule has 2 rings (SSSR count). The van der Waals surface area contributed by atoms with Crippen LogP contribution in [0.2, 0.25) is 0 Å². The molecule has 0 aliphatic rings. The Hall–Kier alpha value is -2.16. The zero-order valence-corrected chi connectivity index (χ0v) is 13.8. The number of hydrogen-bond donors (Lipinski definition) is 1. The van der Waals surface area contributed by atoms with Crippen LogP contribution in [-0.2, 0) is 6.54 Å². The summed E-state index contributed by atoms with van der Waals surface area (Å²) in [4.78, 5) is 0. The third kappa shape index (κ3) is 4.69. The molecule has 3 nitrogen and oxygen atoms in total. The first-order chi connectivity index (χ1) is 10.6. The van der Waals surface area contributed by atoms with Crippen LogP contribution in [0.4, 0.5) is 5.69 Å². The fraction of sp³-hybridized carbons (Fsp3) is 0.368. The van der Waals surface area contributed by atoms with Gasteiger partial charge in [-0.2, -0.15) is 0 Å². The summed E-state index contributed by atoms with van der Waals surface area (Å²) in [6, 6.07) is 14.5. The van der Waals surface area contributed by atoms with Gasteiger partial charge in [0.05, 0.1) is 13.7 Å². The Kier molecular flexibility index (Phi) is 5.70. The van der Waals surface area contributed by atoms with Crippen molar-refractivity contribution >= 4 is 5.69 Å². The van der Waals surface area contributed by atoms with Crippen molar-refractivity contribution in [1.29, 1.82) is 0 Å². The van der Waals surface area contributed by atoms with Gasteiger partial charge in [0.2, 0.25) is 0 Å². The summed E-state index contributed by atoms with van der Waals surface area (Å²) < 4.78 is 11.2. The molecule has 3 heteroatoms. The van der Waals surface area contributed by atoms with Gasteiger partial charge in [-0.1, -0.05) is 37.6 Å². The molecule has 118 valence electrons. The third-order valence-electron chi connectivity index (χ3n) is 3.35. The molecule has 2 aromatic carbocycles. The number of ether oxygens (including phenoxy) is 2. The van der Waals surface area contributed by atoms with E-state index in [0.717, 1.165) is 29.3 Å². The number of aryl methyl sites for hydroxylation is 1. The highest BCUT2D eigenvalue weighted by atomic mass is 16.5. The minimum Gasteiger partial charge on any atom is -0.493 e. The predicted molar refractivity (Wildman–Crippen MR) is 91.8 cm³/mol. The molecule has 0 aliphatic carbocycles. The monoisotopic (exact) mass is 299 g/mol. The van der Waals surface area contributed by atoms with Crippen molar-refractivity contribution in [3.8, 4) is 11.5 Å². The van der Waals surface area contributed by atoms with Gasteiger partial charge in [-0.25, -0.2) is 0 Å². The summed E-state index contributed by atoms with van der Waals surface area (Å²) in [6.07, 6.45) is 0. The van der Waals surface area contributed by atoms with Crippen molar-refractivity contribution in [2.75, 3.05) is 19.0 Å². The molecule has 0 radical (unpaired) electrons. The number of anilines is 1. The predicted octanol–water partition coefficient (Wildman–Crippen LogP) is 4.65. The van der Waals surface area contributed by atoms with Gasteiger partial charge >= 0.3 is 0 Å². The molecule has 22 heavy (non-hydrogen) atoms. The molecule has 0 atom stereocenters. The standard InChI is InChI=1S/C19H25NO2/c1-14(2)13-22-18-10-7-16(11-19(18)21-4)12-20-17-8-5-15(3)6-9-17/h5-11,14,20H,12-13H2,1-4H3. The lowest BCUT2D eigenvalue weighted by atomic mass is 10.2. The van der Waals surface area contributed by atoms with E-state index in [0.29, 0.717) is 12.5 Å². The van der Waals surface area contributed by atoms with E-state index in [9.17, 15) is 0 Å². The summed E-state index contributed by atoms with van der Waals surface area (Å²) in [5.41, 5.74) is 3.54. The molecule has 0 amide bonds. The average Bonchev–Trinajstić information content (AvgIpc) is 2.52. The van der Waals surface area contributed by atoms with E-state index >= 15 is 0 Å². The highest BCUT2D eigenvalue weighted by molar-refractivity contribution is 5.47. The lowest BCUT2D eigenvalue weighted by Gasteiger charge is -2.14. The van der Waals surface area contributed by atoms with E-state index < -0.39 is 0 Å². The van der Waals surface area contributed by atoms with Crippen LogP contribution in [0.3, 0.4) is 0 Å². The van der Waals surface area contributed by atoms with Crippen molar-refractivity contribution in [3.63, 3.8) is 0 Å². The zero-order valence-electron chi connectivity index (χ0n) is 13.8. The smallest absolute Gasteiger partial charge is 0.161 e. The second-order valence-electron chi connectivity index (χ2n) is 5.91. The van der Waals surface area contributed by atoms with E-state index in [1.807, 2.05) is 12.1 Å². The first-order valence-corrected chi connectivity index (χ1v) is 7.68. The van der Waals surface area contributed by atoms with Crippen LogP contribution in [0.15, 0.2) is 42.5 Å². The third-order valence-corrected chi connectivity index (χ3v) is 3.35. The quantitative estimate of drug-likeness (QED) is 0.807. The number of hydrogen-bond acceptors (Lipinski definition) is 3. The van der Waals surface area contributed by atoms with Gasteiger partial charge in [0.15, 0.2) is 11.5 Å². The summed E-state index contributed by atoms with van der Waals surface area (Å²) in [6.45, 7) is 7.80. The lowest BCUT2D eigenvalue weighted by Crippen LogP contribution is -2.06. The van der Waals surface area contributed by atoms with Crippen LogP contribution in [0, 0.1) is 12.8 Å². The van der Waals surface area contributed by atoms with Gasteiger partial charge in [0.25, 0.3) is 0 Å². The molecule has 0 aliphatic heterocycles. The molecule has 1 N–H and O–H groups in total. The molecule has 0 unspecified atom stereocenters. The minimum atomic E-state index is 0.493. The Labute approximate surface area is 133 Å². The summed E-state index contributed by atoms with van der Waals surface area (Å²) in [5, 5.41) is 3.41. The van der Waals surface area contributed by atoms with Crippen LogP contribution in [-0.4, -0.2) is 13.7 Å². The van der Waals surface area contributed by atoms with Crippen molar-refractivity contribution in [2.45, 2.75) is 27.3 Å². The minimum absolute atomic E-state index is 0.493. The van der Waals surface area contributed by atoms with Gasteiger partial charge in [-0.05, 0) is 42.7 Å². The van der Waals surface area contributed by atoms with Crippen molar-refractivity contribution in [3.05, 3.63) is 53.6 Å². The second-order valence-corrected chi connectivity index (χ2v) is 5.91. The van der Waals surface area contributed by atoms with E-state index in [4.69, 9.17) is 9.47 Å². The largest absolute Gasteiger partial charge is 0.493 e. The van der Waals surface area contributed by atoms with Crippen molar-refractivity contribution < 1.29 is 9.47 Å². The Morgan fingerprint density at radius 2 is 1.73 bits per heavy atom. The van der Waals surface area contributed by atoms with Gasteiger partial charge in [0.1, 0.15) is 0 Å². The van der Waals surface area contributed by atoms with Crippen LogP contribution in [0.1, 0.15) is 25.0 Å². The first-order valence-electron chi connectivity index (χ1n) is 7.68. The van der Waals surface area contributed by atoms with E-state index in [2.05, 4.69) is 56.4 Å². The van der Waals surface area contributed by atoms with E-state index in [1.165, 1.54) is 5.56 Å².